The van der Waals surface area contributed by atoms with Gasteiger partial charge in [0.2, 0.25) is 0 Å². The Morgan fingerprint density at radius 1 is 0.958 bits per heavy atom. The van der Waals surface area contributed by atoms with E-state index in [2.05, 4.69) is 34.7 Å². The zero-order chi connectivity index (χ0) is 16.7. The van der Waals surface area contributed by atoms with E-state index in [1.165, 1.54) is 0 Å². The van der Waals surface area contributed by atoms with E-state index in [0.717, 1.165) is 39.2 Å². The fourth-order valence-corrected chi connectivity index (χ4v) is 3.05. The van der Waals surface area contributed by atoms with Gasteiger partial charge in [0, 0.05) is 21.7 Å². The number of imidazole rings is 1. The quantitative estimate of drug-likeness (QED) is 0.494. The van der Waals surface area contributed by atoms with Crippen LogP contribution >= 0.6 is 11.6 Å². The minimum atomic E-state index is 0.685. The normalized spacial score (nSPS) is 11.1. The number of halogens is 1. The fraction of sp³-hybridized carbons (Fsp3) is 0.100. The first-order valence-corrected chi connectivity index (χ1v) is 8.18. The summed E-state index contributed by atoms with van der Waals surface area (Å²) in [6.45, 7) is 4.09. The van der Waals surface area contributed by atoms with Crippen molar-refractivity contribution < 1.29 is 0 Å². The fourth-order valence-electron chi connectivity index (χ4n) is 2.88. The van der Waals surface area contributed by atoms with Gasteiger partial charge in [-0.25, -0.2) is 9.97 Å². The minimum Gasteiger partial charge on any atom is -0.303 e. The first-order valence-electron chi connectivity index (χ1n) is 7.80. The maximum absolute atomic E-state index is 6.19. The van der Waals surface area contributed by atoms with Crippen LogP contribution in [0.15, 0.2) is 60.9 Å². The molecule has 0 saturated heterocycles. The number of rotatable bonds is 2. The van der Waals surface area contributed by atoms with Gasteiger partial charge in [-0.1, -0.05) is 41.9 Å². The van der Waals surface area contributed by atoms with Crippen LogP contribution in [0.25, 0.3) is 27.8 Å². The highest BCUT2D eigenvalue weighted by molar-refractivity contribution is 6.31. The Morgan fingerprint density at radius 3 is 2.46 bits per heavy atom. The molecule has 4 aromatic rings. The molecule has 0 aliphatic rings. The summed E-state index contributed by atoms with van der Waals surface area (Å²) < 4.78 is 2.11. The number of hydrogen-bond donors (Lipinski definition) is 0. The van der Waals surface area contributed by atoms with Crippen LogP contribution in [0.2, 0.25) is 5.02 Å². The minimum absolute atomic E-state index is 0.685. The second-order valence-electron chi connectivity index (χ2n) is 5.84. The summed E-state index contributed by atoms with van der Waals surface area (Å²) in [6.07, 6.45) is 1.86. The molecule has 0 N–H and O–H groups in total. The second-order valence-corrected chi connectivity index (χ2v) is 6.28. The highest BCUT2D eigenvalue weighted by Gasteiger charge is 2.12. The first kappa shape index (κ1) is 14.9. The molecule has 0 saturated carbocycles. The van der Waals surface area contributed by atoms with Crippen LogP contribution in [0.3, 0.4) is 0 Å². The lowest BCUT2D eigenvalue weighted by Gasteiger charge is -2.12. The van der Waals surface area contributed by atoms with Crippen molar-refractivity contribution in [3.63, 3.8) is 0 Å². The third-order valence-electron chi connectivity index (χ3n) is 4.33. The Morgan fingerprint density at radius 2 is 1.75 bits per heavy atom. The Hall–Kier alpha value is -2.65. The monoisotopic (exact) mass is 333 g/mol. The first-order chi connectivity index (χ1) is 11.6. The van der Waals surface area contributed by atoms with Gasteiger partial charge in [-0.2, -0.15) is 0 Å². The van der Waals surface area contributed by atoms with E-state index in [-0.39, 0.29) is 0 Å². The van der Waals surface area contributed by atoms with Crippen molar-refractivity contribution in [2.75, 3.05) is 0 Å². The van der Waals surface area contributed by atoms with E-state index in [1.807, 2.05) is 49.6 Å². The van der Waals surface area contributed by atoms with E-state index in [1.54, 1.807) is 0 Å². The van der Waals surface area contributed by atoms with E-state index < -0.39 is 0 Å². The molecule has 4 heteroatoms. The predicted molar refractivity (Wildman–Crippen MR) is 98.8 cm³/mol. The lowest BCUT2D eigenvalue weighted by Crippen LogP contribution is -1.99. The Bertz CT molecular complexity index is 1040. The number of benzene rings is 2. The molecule has 0 radical (unpaired) electrons. The van der Waals surface area contributed by atoms with E-state index in [0.29, 0.717) is 5.02 Å². The molecule has 118 valence electrons. The second kappa shape index (κ2) is 5.77. The van der Waals surface area contributed by atoms with Gasteiger partial charge in [-0.3, -0.25) is 0 Å². The molecule has 3 nitrogen and oxygen atoms in total. The molecule has 24 heavy (non-hydrogen) atoms. The highest BCUT2D eigenvalue weighted by Crippen LogP contribution is 2.30. The number of aryl methyl sites for hydroxylation is 1. The maximum Gasteiger partial charge on any atom is 0.0997 e. The molecule has 0 atom stereocenters. The van der Waals surface area contributed by atoms with E-state index in [4.69, 9.17) is 16.6 Å². The van der Waals surface area contributed by atoms with Gasteiger partial charge < -0.3 is 4.57 Å². The largest absolute Gasteiger partial charge is 0.303 e. The van der Waals surface area contributed by atoms with Crippen LogP contribution in [0.1, 0.15) is 11.4 Å². The predicted octanol–water partition coefficient (Wildman–Crippen LogP) is 5.36. The van der Waals surface area contributed by atoms with Gasteiger partial charge in [-0.15, -0.1) is 0 Å². The molecule has 0 unspecified atom stereocenters. The Labute approximate surface area is 145 Å². The summed E-state index contributed by atoms with van der Waals surface area (Å²) in [5, 5.41) is 1.74. The molecule has 0 amide bonds. The Kier molecular flexibility index (Phi) is 3.58. The molecule has 2 aromatic carbocycles. The van der Waals surface area contributed by atoms with Crippen LogP contribution in [-0.2, 0) is 0 Å². The summed E-state index contributed by atoms with van der Waals surface area (Å²) in [5.74, 6) is 0. The molecular formula is C20H16ClN3. The molecule has 0 aliphatic carbocycles. The van der Waals surface area contributed by atoms with Crippen molar-refractivity contribution in [2.24, 2.45) is 0 Å². The SMILES string of the molecule is Cc1ncn(-c2cc(-c3ccccc3)nc3cc(Cl)ccc23)c1C. The molecule has 4 rings (SSSR count). The molecule has 0 spiro atoms. The summed E-state index contributed by atoms with van der Waals surface area (Å²) in [5.41, 5.74) is 6.09. The number of nitrogens with zero attached hydrogens (tertiary/aromatic N) is 3. The van der Waals surface area contributed by atoms with Gasteiger partial charge in [0.05, 0.1) is 28.9 Å². The molecular weight excluding hydrogens is 318 g/mol. The Balaban J connectivity index is 2.05. The lowest BCUT2D eigenvalue weighted by atomic mass is 10.1. The van der Waals surface area contributed by atoms with Crippen LogP contribution in [-0.4, -0.2) is 14.5 Å². The van der Waals surface area contributed by atoms with Gasteiger partial charge >= 0.3 is 0 Å². The average Bonchev–Trinajstić information content (AvgIpc) is 2.93. The number of pyridine rings is 1. The van der Waals surface area contributed by atoms with Gasteiger partial charge in [0.25, 0.3) is 0 Å². The third kappa shape index (κ3) is 2.47. The van der Waals surface area contributed by atoms with Crippen molar-refractivity contribution in [1.82, 2.24) is 14.5 Å². The lowest BCUT2D eigenvalue weighted by molar-refractivity contribution is 1.01. The summed E-state index contributed by atoms with van der Waals surface area (Å²) in [6, 6.07) is 18.1. The van der Waals surface area contributed by atoms with E-state index in [9.17, 15) is 0 Å². The third-order valence-corrected chi connectivity index (χ3v) is 4.57. The smallest absolute Gasteiger partial charge is 0.0997 e. The maximum atomic E-state index is 6.19. The van der Waals surface area contributed by atoms with Crippen molar-refractivity contribution >= 4 is 22.5 Å². The van der Waals surface area contributed by atoms with Gasteiger partial charge in [0.1, 0.15) is 0 Å². The van der Waals surface area contributed by atoms with Gasteiger partial charge in [-0.05, 0) is 38.1 Å². The van der Waals surface area contributed by atoms with Crippen molar-refractivity contribution in [3.05, 3.63) is 77.3 Å². The highest BCUT2D eigenvalue weighted by atomic mass is 35.5. The zero-order valence-corrected chi connectivity index (χ0v) is 14.2. The van der Waals surface area contributed by atoms with Crippen LogP contribution in [0.5, 0.6) is 0 Å². The topological polar surface area (TPSA) is 30.7 Å². The summed E-state index contributed by atoms with van der Waals surface area (Å²) in [4.78, 5) is 9.25. The van der Waals surface area contributed by atoms with E-state index >= 15 is 0 Å². The van der Waals surface area contributed by atoms with Crippen molar-refractivity contribution in [1.29, 1.82) is 0 Å². The van der Waals surface area contributed by atoms with Crippen LogP contribution < -0.4 is 0 Å². The zero-order valence-electron chi connectivity index (χ0n) is 13.5. The molecule has 2 aromatic heterocycles. The van der Waals surface area contributed by atoms with Crippen LogP contribution in [0.4, 0.5) is 0 Å². The summed E-state index contributed by atoms with van der Waals surface area (Å²) in [7, 11) is 0. The average molecular weight is 334 g/mol. The molecule has 0 aliphatic heterocycles. The summed E-state index contributed by atoms with van der Waals surface area (Å²) >= 11 is 6.19. The number of hydrogen-bond acceptors (Lipinski definition) is 2. The number of fused-ring (bicyclic) bond motifs is 1. The molecule has 2 heterocycles. The van der Waals surface area contributed by atoms with Crippen molar-refractivity contribution in [2.45, 2.75) is 13.8 Å². The van der Waals surface area contributed by atoms with Crippen LogP contribution in [0, 0.1) is 13.8 Å². The standard InChI is InChI=1S/C20H16ClN3/c1-13-14(2)24(12-22-13)20-11-18(15-6-4-3-5-7-15)23-19-10-16(21)8-9-17(19)20/h3-12H,1-2H3. The molecule has 0 bridgehead atoms. The van der Waals surface area contributed by atoms with Gasteiger partial charge in [0.15, 0.2) is 0 Å². The number of aromatic nitrogens is 3. The molecule has 0 fully saturated rings. The van der Waals surface area contributed by atoms with Crippen molar-refractivity contribution in [3.8, 4) is 16.9 Å².